The van der Waals surface area contributed by atoms with Crippen LogP contribution in [0.15, 0.2) is 66.7 Å². The van der Waals surface area contributed by atoms with Crippen molar-refractivity contribution in [3.05, 3.63) is 72.3 Å². The van der Waals surface area contributed by atoms with E-state index in [4.69, 9.17) is 9.84 Å². The SMILES string of the molecule is C[C@@H](CC/C=C/C(=O)O)[C@@H](OC(=O)Nc1ccccc1)c1ccc(O)cc1. The summed E-state index contributed by atoms with van der Waals surface area (Å²) < 4.78 is 5.65. The predicted molar refractivity (Wildman–Crippen MR) is 103 cm³/mol. The van der Waals surface area contributed by atoms with Crippen LogP contribution in [0, 0.1) is 5.92 Å². The number of carbonyl (C=O) groups is 2. The average Bonchev–Trinajstić information content (AvgIpc) is 2.64. The summed E-state index contributed by atoms with van der Waals surface area (Å²) in [6, 6.07) is 15.5. The van der Waals surface area contributed by atoms with Crippen LogP contribution in [-0.2, 0) is 9.53 Å². The normalized spacial score (nSPS) is 13.1. The smallest absolute Gasteiger partial charge is 0.412 e. The molecule has 0 unspecified atom stereocenters. The maximum atomic E-state index is 12.3. The summed E-state index contributed by atoms with van der Waals surface area (Å²) in [5.74, 6) is -0.922. The Hall–Kier alpha value is -3.28. The summed E-state index contributed by atoms with van der Waals surface area (Å²) in [6.45, 7) is 1.93. The van der Waals surface area contributed by atoms with Crippen molar-refractivity contribution < 1.29 is 24.5 Å². The van der Waals surface area contributed by atoms with Gasteiger partial charge in [-0.25, -0.2) is 9.59 Å². The third-order valence-electron chi connectivity index (χ3n) is 4.04. The highest BCUT2D eigenvalue weighted by Crippen LogP contribution is 2.31. The molecule has 0 aliphatic rings. The van der Waals surface area contributed by atoms with E-state index in [2.05, 4.69) is 5.32 Å². The van der Waals surface area contributed by atoms with Gasteiger partial charge in [0.2, 0.25) is 0 Å². The number of aliphatic carboxylic acids is 1. The van der Waals surface area contributed by atoms with E-state index in [-0.39, 0.29) is 11.7 Å². The van der Waals surface area contributed by atoms with Gasteiger partial charge in [-0.05, 0) is 48.6 Å². The molecule has 142 valence electrons. The van der Waals surface area contributed by atoms with E-state index in [0.29, 0.717) is 18.5 Å². The number of carbonyl (C=O) groups excluding carboxylic acids is 1. The molecule has 1 amide bonds. The third-order valence-corrected chi connectivity index (χ3v) is 4.04. The highest BCUT2D eigenvalue weighted by molar-refractivity contribution is 5.84. The molecule has 6 nitrogen and oxygen atoms in total. The lowest BCUT2D eigenvalue weighted by molar-refractivity contribution is -0.131. The van der Waals surface area contributed by atoms with Gasteiger partial charge in [-0.1, -0.05) is 43.3 Å². The number of amides is 1. The van der Waals surface area contributed by atoms with Crippen LogP contribution in [0.3, 0.4) is 0 Å². The second-order valence-corrected chi connectivity index (χ2v) is 6.20. The first-order chi connectivity index (χ1) is 13.0. The number of para-hydroxylation sites is 1. The van der Waals surface area contributed by atoms with Gasteiger partial charge in [0.25, 0.3) is 0 Å². The zero-order valence-electron chi connectivity index (χ0n) is 15.0. The number of ether oxygens (including phenoxy) is 1. The molecule has 0 radical (unpaired) electrons. The Morgan fingerprint density at radius 2 is 1.78 bits per heavy atom. The highest BCUT2D eigenvalue weighted by atomic mass is 16.6. The van der Waals surface area contributed by atoms with E-state index >= 15 is 0 Å². The van der Waals surface area contributed by atoms with Crippen LogP contribution in [0.2, 0.25) is 0 Å². The molecule has 0 saturated carbocycles. The summed E-state index contributed by atoms with van der Waals surface area (Å²) in [4.78, 5) is 22.9. The fourth-order valence-corrected chi connectivity index (χ4v) is 2.66. The van der Waals surface area contributed by atoms with Gasteiger partial charge in [-0.15, -0.1) is 0 Å². The first-order valence-corrected chi connectivity index (χ1v) is 8.67. The van der Waals surface area contributed by atoms with Crippen molar-refractivity contribution in [2.24, 2.45) is 5.92 Å². The summed E-state index contributed by atoms with van der Waals surface area (Å²) in [6.07, 6.45) is 2.75. The molecule has 0 aromatic heterocycles. The Bertz CT molecular complexity index is 771. The lowest BCUT2D eigenvalue weighted by Gasteiger charge is -2.24. The number of phenols is 1. The highest BCUT2D eigenvalue weighted by Gasteiger charge is 2.23. The molecule has 0 heterocycles. The number of hydrogen-bond donors (Lipinski definition) is 3. The molecule has 2 aromatic rings. The van der Waals surface area contributed by atoms with Crippen molar-refractivity contribution in [2.75, 3.05) is 5.32 Å². The minimum atomic E-state index is -0.990. The number of allylic oxidation sites excluding steroid dienone is 1. The molecule has 0 saturated heterocycles. The zero-order chi connectivity index (χ0) is 19.6. The van der Waals surface area contributed by atoms with Crippen molar-refractivity contribution in [2.45, 2.75) is 25.9 Å². The number of aromatic hydroxyl groups is 1. The van der Waals surface area contributed by atoms with Gasteiger partial charge in [0.1, 0.15) is 11.9 Å². The average molecular weight is 369 g/mol. The lowest BCUT2D eigenvalue weighted by Crippen LogP contribution is -2.22. The van der Waals surface area contributed by atoms with Crippen LogP contribution >= 0.6 is 0 Å². The Kier molecular flexibility index (Phi) is 7.43. The second-order valence-electron chi connectivity index (χ2n) is 6.20. The van der Waals surface area contributed by atoms with E-state index in [1.54, 1.807) is 30.3 Å². The fraction of sp³-hybridized carbons (Fsp3) is 0.238. The Morgan fingerprint density at radius 1 is 1.11 bits per heavy atom. The molecule has 0 aliphatic heterocycles. The number of hydrogen-bond acceptors (Lipinski definition) is 4. The van der Waals surface area contributed by atoms with E-state index in [0.717, 1.165) is 11.6 Å². The van der Waals surface area contributed by atoms with Crippen LogP contribution in [0.4, 0.5) is 10.5 Å². The van der Waals surface area contributed by atoms with Crippen molar-refractivity contribution in [3.8, 4) is 5.75 Å². The van der Waals surface area contributed by atoms with Crippen LogP contribution in [0.1, 0.15) is 31.4 Å². The van der Waals surface area contributed by atoms with Gasteiger partial charge >= 0.3 is 12.1 Å². The second kappa shape index (κ2) is 10.0. The number of benzene rings is 2. The Morgan fingerprint density at radius 3 is 2.41 bits per heavy atom. The van der Waals surface area contributed by atoms with Gasteiger partial charge in [-0.3, -0.25) is 5.32 Å². The minimum absolute atomic E-state index is 0.0606. The minimum Gasteiger partial charge on any atom is -0.508 e. The predicted octanol–water partition coefficient (Wildman–Crippen LogP) is 4.74. The monoisotopic (exact) mass is 369 g/mol. The van der Waals surface area contributed by atoms with Crippen molar-refractivity contribution in [1.82, 2.24) is 0 Å². The number of carboxylic acids is 1. The van der Waals surface area contributed by atoms with Gasteiger partial charge in [0.15, 0.2) is 0 Å². The number of carboxylic acid groups (broad SMARTS) is 1. The molecule has 2 atom stereocenters. The third kappa shape index (κ3) is 6.86. The van der Waals surface area contributed by atoms with Crippen LogP contribution in [0.25, 0.3) is 0 Å². The molecule has 0 bridgehead atoms. The van der Waals surface area contributed by atoms with Crippen molar-refractivity contribution in [1.29, 1.82) is 0 Å². The molecule has 0 spiro atoms. The van der Waals surface area contributed by atoms with Gasteiger partial charge < -0.3 is 14.9 Å². The van der Waals surface area contributed by atoms with Crippen LogP contribution in [-0.4, -0.2) is 22.3 Å². The van der Waals surface area contributed by atoms with Gasteiger partial charge in [0.05, 0.1) is 0 Å². The van der Waals surface area contributed by atoms with E-state index in [1.807, 2.05) is 25.1 Å². The summed E-state index contributed by atoms with van der Waals surface area (Å²) >= 11 is 0. The van der Waals surface area contributed by atoms with Gasteiger partial charge in [-0.2, -0.15) is 0 Å². The van der Waals surface area contributed by atoms with Crippen LogP contribution in [0.5, 0.6) is 5.75 Å². The molecule has 27 heavy (non-hydrogen) atoms. The largest absolute Gasteiger partial charge is 0.508 e. The topological polar surface area (TPSA) is 95.9 Å². The Labute approximate surface area is 158 Å². The maximum Gasteiger partial charge on any atom is 0.412 e. The first-order valence-electron chi connectivity index (χ1n) is 8.67. The van der Waals surface area contributed by atoms with E-state index < -0.39 is 18.2 Å². The summed E-state index contributed by atoms with van der Waals surface area (Å²) in [7, 11) is 0. The number of phenolic OH excluding ortho intramolecular Hbond substituents is 1. The molecule has 2 rings (SSSR count). The number of anilines is 1. The maximum absolute atomic E-state index is 12.3. The molecule has 0 aliphatic carbocycles. The van der Waals surface area contributed by atoms with Crippen LogP contribution < -0.4 is 5.32 Å². The molecule has 0 fully saturated rings. The Balaban J connectivity index is 2.07. The van der Waals surface area contributed by atoms with Crippen molar-refractivity contribution in [3.63, 3.8) is 0 Å². The van der Waals surface area contributed by atoms with Crippen molar-refractivity contribution >= 4 is 17.7 Å². The lowest BCUT2D eigenvalue weighted by atomic mass is 9.93. The molecule has 2 aromatic carbocycles. The van der Waals surface area contributed by atoms with E-state index in [9.17, 15) is 14.7 Å². The number of nitrogens with one attached hydrogen (secondary N) is 1. The summed E-state index contributed by atoms with van der Waals surface area (Å²) in [5.41, 5.74) is 1.38. The van der Waals surface area contributed by atoms with Gasteiger partial charge in [0, 0.05) is 11.8 Å². The number of rotatable bonds is 8. The quantitative estimate of drug-likeness (QED) is 0.584. The first kappa shape index (κ1) is 20.0. The standard InChI is InChI=1S/C21H23NO5/c1-15(7-5-6-10-19(24)25)20(16-11-13-18(23)14-12-16)27-21(26)22-17-8-3-2-4-9-17/h2-4,6,8-15,20,23H,5,7H2,1H3,(H,22,26)(H,24,25)/b10-6+/t15-,20+/m0/s1. The molecule has 3 N–H and O–H groups in total. The van der Waals surface area contributed by atoms with E-state index in [1.165, 1.54) is 12.1 Å². The summed E-state index contributed by atoms with van der Waals surface area (Å²) in [5, 5.41) is 20.8. The molecule has 6 heteroatoms. The molecular formula is C21H23NO5. The zero-order valence-corrected chi connectivity index (χ0v) is 15.0. The fourth-order valence-electron chi connectivity index (χ4n) is 2.66. The molecular weight excluding hydrogens is 346 g/mol.